The first-order valence-corrected chi connectivity index (χ1v) is 10.2. The molecule has 0 amide bonds. The van der Waals surface area contributed by atoms with Gasteiger partial charge in [-0.3, -0.25) is 4.99 Å². The smallest absolute Gasteiger partial charge is 0.194 e. The lowest BCUT2D eigenvalue weighted by atomic mass is 10.1. The van der Waals surface area contributed by atoms with Crippen LogP contribution in [0.4, 0.5) is 0 Å². The molecule has 0 atom stereocenters. The standard InChI is InChI=1S/C18H29N3O2S/c1-5-19-17(20-11-10-16-9-7-6-8-15(16)2)21-12-13-24(22,23)18(3,4)14-21/h6-9H,5,10-14H2,1-4H3,(H,19,20). The van der Waals surface area contributed by atoms with Crippen LogP contribution in [0.1, 0.15) is 31.9 Å². The van der Waals surface area contributed by atoms with Crippen molar-refractivity contribution in [3.63, 3.8) is 0 Å². The average Bonchev–Trinajstić information content (AvgIpc) is 2.51. The van der Waals surface area contributed by atoms with Gasteiger partial charge in [-0.2, -0.15) is 0 Å². The Bertz CT molecular complexity index is 696. The fraction of sp³-hybridized carbons (Fsp3) is 0.611. The van der Waals surface area contributed by atoms with E-state index >= 15 is 0 Å². The molecule has 5 nitrogen and oxygen atoms in total. The van der Waals surface area contributed by atoms with E-state index in [1.54, 1.807) is 13.8 Å². The van der Waals surface area contributed by atoms with E-state index in [0.29, 0.717) is 19.6 Å². The number of aryl methyl sites for hydroxylation is 1. The van der Waals surface area contributed by atoms with Crippen LogP contribution in [0.2, 0.25) is 0 Å². The van der Waals surface area contributed by atoms with E-state index in [2.05, 4.69) is 35.3 Å². The zero-order valence-electron chi connectivity index (χ0n) is 15.2. The Morgan fingerprint density at radius 2 is 2.04 bits per heavy atom. The second-order valence-corrected chi connectivity index (χ2v) is 9.66. The van der Waals surface area contributed by atoms with Gasteiger partial charge in [0.15, 0.2) is 15.8 Å². The molecule has 0 aliphatic carbocycles. The summed E-state index contributed by atoms with van der Waals surface area (Å²) >= 11 is 0. The Kier molecular flexibility index (Phi) is 5.91. The van der Waals surface area contributed by atoms with Gasteiger partial charge in [0.1, 0.15) is 0 Å². The van der Waals surface area contributed by atoms with Gasteiger partial charge in [0, 0.05) is 26.2 Å². The van der Waals surface area contributed by atoms with E-state index in [0.717, 1.165) is 18.9 Å². The van der Waals surface area contributed by atoms with Crippen molar-refractivity contribution in [2.24, 2.45) is 4.99 Å². The van der Waals surface area contributed by atoms with Crippen LogP contribution < -0.4 is 5.32 Å². The van der Waals surface area contributed by atoms with Crippen LogP contribution in [0.15, 0.2) is 29.3 Å². The highest BCUT2D eigenvalue weighted by Crippen LogP contribution is 2.23. The van der Waals surface area contributed by atoms with Crippen molar-refractivity contribution in [3.05, 3.63) is 35.4 Å². The number of nitrogens with one attached hydrogen (secondary N) is 1. The Labute approximate surface area is 146 Å². The summed E-state index contributed by atoms with van der Waals surface area (Å²) in [5, 5.41) is 3.30. The van der Waals surface area contributed by atoms with E-state index in [1.807, 2.05) is 13.0 Å². The van der Waals surface area contributed by atoms with Crippen molar-refractivity contribution in [2.75, 3.05) is 31.9 Å². The molecule has 1 aromatic carbocycles. The number of aliphatic imine (C=N–C) groups is 1. The molecule has 2 rings (SSSR count). The van der Waals surface area contributed by atoms with E-state index in [4.69, 9.17) is 4.99 Å². The molecule has 1 saturated heterocycles. The highest BCUT2D eigenvalue weighted by Gasteiger charge is 2.40. The van der Waals surface area contributed by atoms with Crippen LogP contribution in [0.3, 0.4) is 0 Å². The predicted molar refractivity (Wildman–Crippen MR) is 100 cm³/mol. The fourth-order valence-corrected chi connectivity index (χ4v) is 4.29. The zero-order chi connectivity index (χ0) is 17.8. The lowest BCUT2D eigenvalue weighted by Crippen LogP contribution is -2.57. The van der Waals surface area contributed by atoms with Crippen molar-refractivity contribution in [1.29, 1.82) is 0 Å². The topological polar surface area (TPSA) is 61.8 Å². The minimum atomic E-state index is -3.04. The van der Waals surface area contributed by atoms with Gasteiger partial charge >= 0.3 is 0 Å². The summed E-state index contributed by atoms with van der Waals surface area (Å²) in [5.74, 6) is 0.997. The van der Waals surface area contributed by atoms with E-state index in [9.17, 15) is 8.42 Å². The third kappa shape index (κ3) is 4.29. The Morgan fingerprint density at radius 3 is 2.67 bits per heavy atom. The van der Waals surface area contributed by atoms with Crippen LogP contribution in [0, 0.1) is 6.92 Å². The molecule has 0 unspecified atom stereocenters. The van der Waals surface area contributed by atoms with Crippen molar-refractivity contribution in [2.45, 2.75) is 38.9 Å². The summed E-state index contributed by atoms with van der Waals surface area (Å²) in [6.07, 6.45) is 0.886. The maximum Gasteiger partial charge on any atom is 0.194 e. The van der Waals surface area contributed by atoms with E-state index in [-0.39, 0.29) is 5.75 Å². The summed E-state index contributed by atoms with van der Waals surface area (Å²) in [7, 11) is -3.04. The first-order chi connectivity index (χ1) is 11.3. The number of rotatable bonds is 4. The van der Waals surface area contributed by atoms with E-state index < -0.39 is 14.6 Å². The largest absolute Gasteiger partial charge is 0.357 e. The van der Waals surface area contributed by atoms with Gasteiger partial charge in [-0.05, 0) is 45.2 Å². The minimum absolute atomic E-state index is 0.183. The van der Waals surface area contributed by atoms with Gasteiger partial charge in [-0.15, -0.1) is 0 Å². The molecule has 0 saturated carbocycles. The highest BCUT2D eigenvalue weighted by atomic mass is 32.2. The van der Waals surface area contributed by atoms with Gasteiger partial charge in [0.05, 0.1) is 10.5 Å². The average molecular weight is 352 g/mol. The number of hydrogen-bond donors (Lipinski definition) is 1. The minimum Gasteiger partial charge on any atom is -0.357 e. The Morgan fingerprint density at radius 1 is 1.33 bits per heavy atom. The number of nitrogens with zero attached hydrogens (tertiary/aromatic N) is 2. The van der Waals surface area contributed by atoms with Crippen LogP contribution in [0.5, 0.6) is 0 Å². The zero-order valence-corrected chi connectivity index (χ0v) is 16.0. The molecule has 1 aliphatic heterocycles. The molecule has 0 radical (unpaired) electrons. The van der Waals surface area contributed by atoms with E-state index in [1.165, 1.54) is 11.1 Å². The molecule has 24 heavy (non-hydrogen) atoms. The number of benzene rings is 1. The second-order valence-electron chi connectivity index (χ2n) is 6.91. The number of hydrogen-bond acceptors (Lipinski definition) is 3. The molecule has 6 heteroatoms. The molecule has 1 heterocycles. The SMILES string of the molecule is CCNC(=NCCc1ccccc1C)N1CCS(=O)(=O)C(C)(C)C1. The maximum atomic E-state index is 12.2. The molecule has 0 aromatic heterocycles. The fourth-order valence-electron chi connectivity index (χ4n) is 2.92. The van der Waals surface area contributed by atoms with Crippen molar-refractivity contribution in [1.82, 2.24) is 10.2 Å². The first kappa shape index (κ1) is 18.8. The van der Waals surface area contributed by atoms with Crippen LogP contribution >= 0.6 is 0 Å². The number of sulfone groups is 1. The quantitative estimate of drug-likeness (QED) is 0.666. The molecular formula is C18H29N3O2S. The highest BCUT2D eigenvalue weighted by molar-refractivity contribution is 7.92. The van der Waals surface area contributed by atoms with Crippen LogP contribution in [-0.2, 0) is 16.3 Å². The molecule has 1 fully saturated rings. The summed E-state index contributed by atoms with van der Waals surface area (Å²) in [6, 6.07) is 8.34. The molecule has 1 aromatic rings. The Balaban J connectivity index is 2.07. The van der Waals surface area contributed by atoms with Gasteiger partial charge in [0.25, 0.3) is 0 Å². The van der Waals surface area contributed by atoms with Crippen LogP contribution in [-0.4, -0.2) is 56.0 Å². The summed E-state index contributed by atoms with van der Waals surface area (Å²) < 4.78 is 23.6. The van der Waals surface area contributed by atoms with Gasteiger partial charge in [0.2, 0.25) is 0 Å². The molecule has 1 N–H and O–H groups in total. The van der Waals surface area contributed by atoms with Crippen LogP contribution in [0.25, 0.3) is 0 Å². The second kappa shape index (κ2) is 7.55. The lowest BCUT2D eigenvalue weighted by Gasteiger charge is -2.39. The van der Waals surface area contributed by atoms with Gasteiger partial charge < -0.3 is 10.2 Å². The van der Waals surface area contributed by atoms with Crippen molar-refractivity contribution < 1.29 is 8.42 Å². The maximum absolute atomic E-state index is 12.2. The lowest BCUT2D eigenvalue weighted by molar-refractivity contribution is 0.353. The summed E-state index contributed by atoms with van der Waals surface area (Å²) in [6.45, 7) is 10.2. The summed E-state index contributed by atoms with van der Waals surface area (Å²) in [5.41, 5.74) is 2.58. The monoisotopic (exact) mass is 351 g/mol. The third-order valence-electron chi connectivity index (χ3n) is 4.58. The molecule has 0 bridgehead atoms. The molecule has 0 spiro atoms. The Hall–Kier alpha value is -1.56. The molecular weight excluding hydrogens is 322 g/mol. The predicted octanol–water partition coefficient (Wildman–Crippen LogP) is 2.01. The molecule has 134 valence electrons. The number of guanidine groups is 1. The summed E-state index contributed by atoms with van der Waals surface area (Å²) in [4.78, 5) is 6.80. The van der Waals surface area contributed by atoms with Crippen molar-refractivity contribution >= 4 is 15.8 Å². The van der Waals surface area contributed by atoms with Crippen molar-refractivity contribution in [3.8, 4) is 0 Å². The van der Waals surface area contributed by atoms with Gasteiger partial charge in [-0.25, -0.2) is 8.42 Å². The molecule has 1 aliphatic rings. The third-order valence-corrected chi connectivity index (χ3v) is 7.11. The first-order valence-electron chi connectivity index (χ1n) is 8.57. The van der Waals surface area contributed by atoms with Gasteiger partial charge in [-0.1, -0.05) is 24.3 Å². The normalized spacial score (nSPS) is 20.0.